The second-order valence-electron chi connectivity index (χ2n) is 12.5. The monoisotopic (exact) mass is 622 g/mol. The Bertz CT molecular complexity index is 1680. The van der Waals surface area contributed by atoms with Crippen LogP contribution in [0, 0.1) is 0 Å². The zero-order chi connectivity index (χ0) is 33.3. The molecule has 0 aliphatic carbocycles. The summed E-state index contributed by atoms with van der Waals surface area (Å²) >= 11 is 0. The van der Waals surface area contributed by atoms with E-state index in [1.54, 1.807) is 36.4 Å². The maximum absolute atomic E-state index is 13.8. The van der Waals surface area contributed by atoms with Gasteiger partial charge in [-0.1, -0.05) is 78.9 Å². The molecule has 0 bridgehead atoms. The van der Waals surface area contributed by atoms with Gasteiger partial charge in [0.2, 0.25) is 11.8 Å². The lowest BCUT2D eigenvalue weighted by atomic mass is 9.93. The van der Waals surface area contributed by atoms with E-state index in [1.165, 1.54) is 0 Å². The van der Waals surface area contributed by atoms with Gasteiger partial charge in [0.05, 0.1) is 12.1 Å². The van der Waals surface area contributed by atoms with Gasteiger partial charge in [0.15, 0.2) is 0 Å². The Hall–Kier alpha value is -5.02. The van der Waals surface area contributed by atoms with Crippen molar-refractivity contribution in [1.82, 2.24) is 16.0 Å². The van der Waals surface area contributed by atoms with E-state index < -0.39 is 41.4 Å². The summed E-state index contributed by atoms with van der Waals surface area (Å²) in [6, 6.07) is 27.4. The van der Waals surface area contributed by atoms with Crippen LogP contribution in [0.4, 0.5) is 0 Å². The topological polar surface area (TPSA) is 151 Å². The predicted molar refractivity (Wildman–Crippen MR) is 179 cm³/mol. The van der Waals surface area contributed by atoms with Crippen molar-refractivity contribution in [3.05, 3.63) is 119 Å². The molecule has 0 radical (unpaired) electrons. The lowest BCUT2D eigenvalue weighted by Gasteiger charge is -2.28. The molecule has 0 fully saturated rings. The highest BCUT2D eigenvalue weighted by atomic mass is 16.3. The fraction of sp³-hybridized carbons (Fsp3) is 0.297. The van der Waals surface area contributed by atoms with Crippen molar-refractivity contribution >= 4 is 34.4 Å². The third-order valence-electron chi connectivity index (χ3n) is 7.58. The summed E-state index contributed by atoms with van der Waals surface area (Å²) in [5, 5.41) is 22.1. The van der Waals surface area contributed by atoms with Crippen LogP contribution < -0.4 is 21.7 Å². The van der Waals surface area contributed by atoms with Crippen LogP contribution in [0.25, 0.3) is 10.8 Å². The van der Waals surface area contributed by atoms with E-state index >= 15 is 0 Å². The van der Waals surface area contributed by atoms with E-state index in [0.29, 0.717) is 16.7 Å². The van der Waals surface area contributed by atoms with E-state index in [0.717, 1.165) is 16.3 Å². The molecule has 9 heteroatoms. The van der Waals surface area contributed by atoms with Crippen LogP contribution >= 0.6 is 0 Å². The van der Waals surface area contributed by atoms with Crippen molar-refractivity contribution in [3.63, 3.8) is 0 Å². The Morgan fingerprint density at radius 2 is 1.41 bits per heavy atom. The van der Waals surface area contributed by atoms with Crippen LogP contribution in [0.2, 0.25) is 0 Å². The number of carbonyl (C=O) groups excluding carboxylic acids is 4. The number of nitrogens with two attached hydrogens (primary N) is 1. The largest absolute Gasteiger partial charge is 0.391 e. The van der Waals surface area contributed by atoms with Crippen LogP contribution in [-0.2, 0) is 22.4 Å². The highest BCUT2D eigenvalue weighted by Gasteiger charge is 2.29. The van der Waals surface area contributed by atoms with E-state index in [-0.39, 0.29) is 31.6 Å². The summed E-state index contributed by atoms with van der Waals surface area (Å²) in [5.41, 5.74) is 7.24. The predicted octanol–water partition coefficient (Wildman–Crippen LogP) is 4.06. The Kier molecular flexibility index (Phi) is 11.3. The number of amides is 4. The number of carbonyl (C=O) groups is 4. The van der Waals surface area contributed by atoms with Gasteiger partial charge in [-0.2, -0.15) is 0 Å². The summed E-state index contributed by atoms with van der Waals surface area (Å²) in [6.45, 7) is 5.67. The smallest absolute Gasteiger partial charge is 0.251 e. The van der Waals surface area contributed by atoms with Gasteiger partial charge in [-0.05, 0) is 73.7 Å². The van der Waals surface area contributed by atoms with Gasteiger partial charge in [0, 0.05) is 29.5 Å². The van der Waals surface area contributed by atoms with Crippen molar-refractivity contribution in [1.29, 1.82) is 0 Å². The Morgan fingerprint density at radius 1 is 0.761 bits per heavy atom. The first kappa shape index (κ1) is 33.9. The summed E-state index contributed by atoms with van der Waals surface area (Å²) in [5.74, 6) is -1.91. The fourth-order valence-corrected chi connectivity index (χ4v) is 5.26. The maximum atomic E-state index is 13.8. The van der Waals surface area contributed by atoms with Gasteiger partial charge in [0.25, 0.3) is 11.8 Å². The van der Waals surface area contributed by atoms with Crippen LogP contribution in [0.3, 0.4) is 0 Å². The second kappa shape index (κ2) is 15.3. The van der Waals surface area contributed by atoms with Crippen LogP contribution in [0.15, 0.2) is 97.1 Å². The molecule has 4 rings (SSSR count). The fourth-order valence-electron chi connectivity index (χ4n) is 5.26. The minimum Gasteiger partial charge on any atom is -0.391 e. The number of benzene rings is 4. The van der Waals surface area contributed by atoms with Gasteiger partial charge in [-0.15, -0.1) is 0 Å². The number of nitrogens with one attached hydrogen (secondary N) is 3. The Morgan fingerprint density at radius 3 is 2.11 bits per heavy atom. The zero-order valence-corrected chi connectivity index (χ0v) is 26.5. The van der Waals surface area contributed by atoms with Gasteiger partial charge in [0.1, 0.15) is 6.04 Å². The number of primary amides is 1. The van der Waals surface area contributed by atoms with E-state index in [1.807, 2.05) is 81.4 Å². The molecule has 4 amide bonds. The van der Waals surface area contributed by atoms with Crippen LogP contribution in [0.1, 0.15) is 65.5 Å². The Balaban J connectivity index is 1.57. The number of aliphatic hydroxyl groups is 1. The summed E-state index contributed by atoms with van der Waals surface area (Å²) < 4.78 is 0. The quantitative estimate of drug-likeness (QED) is 0.152. The van der Waals surface area contributed by atoms with Gasteiger partial charge >= 0.3 is 0 Å². The minimum atomic E-state index is -1.10. The lowest BCUT2D eigenvalue weighted by molar-refractivity contribution is -0.125. The standard InChI is InChI=1S/C37H42N4O5/c1-37(2,3)41-35(45)29-16-10-9-15-27(29)23-32(42)31(21-24-11-5-4-6-12-24)40-36(46)30(19-20-33(38)43)39-34(44)28-18-17-25-13-7-8-14-26(25)22-28/h4-18,22,30-32,42H,19-21,23H2,1-3H3,(H2,38,43)(H,39,44)(H,40,46)(H,41,45)/t30-,31-,32+/m0/s1. The molecular formula is C37H42N4O5. The second-order valence-corrected chi connectivity index (χ2v) is 12.5. The first-order valence-electron chi connectivity index (χ1n) is 15.4. The molecule has 0 saturated carbocycles. The van der Waals surface area contributed by atoms with E-state index in [9.17, 15) is 24.3 Å². The summed E-state index contributed by atoms with van der Waals surface area (Å²) in [6.07, 6.45) is -0.879. The Labute approximate surface area is 269 Å². The van der Waals surface area contributed by atoms with Crippen molar-refractivity contribution in [2.24, 2.45) is 5.73 Å². The molecule has 3 atom stereocenters. The van der Waals surface area contributed by atoms with Crippen molar-refractivity contribution in [2.45, 2.75) is 70.2 Å². The van der Waals surface area contributed by atoms with Crippen LogP contribution in [-0.4, -0.2) is 52.5 Å². The molecular weight excluding hydrogens is 580 g/mol. The molecule has 240 valence electrons. The maximum Gasteiger partial charge on any atom is 0.251 e. The van der Waals surface area contributed by atoms with Crippen LogP contribution in [0.5, 0.6) is 0 Å². The molecule has 0 saturated heterocycles. The number of hydrogen-bond donors (Lipinski definition) is 5. The molecule has 0 aliphatic heterocycles. The average molecular weight is 623 g/mol. The first-order chi connectivity index (χ1) is 21.9. The average Bonchev–Trinajstić information content (AvgIpc) is 3.02. The third-order valence-corrected chi connectivity index (χ3v) is 7.58. The summed E-state index contributed by atoms with van der Waals surface area (Å²) in [7, 11) is 0. The van der Waals surface area contributed by atoms with Crippen molar-refractivity contribution < 1.29 is 24.3 Å². The minimum absolute atomic E-state index is 0.0234. The summed E-state index contributed by atoms with van der Waals surface area (Å²) in [4.78, 5) is 51.8. The number of rotatable bonds is 13. The first-order valence-corrected chi connectivity index (χ1v) is 15.4. The number of hydrogen-bond acceptors (Lipinski definition) is 5. The highest BCUT2D eigenvalue weighted by molar-refractivity contribution is 6.01. The van der Waals surface area contributed by atoms with E-state index in [4.69, 9.17) is 5.73 Å². The van der Waals surface area contributed by atoms with Gasteiger partial charge in [-0.25, -0.2) is 0 Å². The molecule has 0 unspecified atom stereocenters. The third kappa shape index (κ3) is 9.74. The van der Waals surface area contributed by atoms with Crippen molar-refractivity contribution in [2.75, 3.05) is 0 Å². The molecule has 0 aromatic heterocycles. The molecule has 4 aromatic carbocycles. The van der Waals surface area contributed by atoms with Gasteiger partial charge in [-0.3, -0.25) is 19.2 Å². The normalized spacial score (nSPS) is 13.3. The zero-order valence-electron chi connectivity index (χ0n) is 26.5. The molecule has 46 heavy (non-hydrogen) atoms. The molecule has 6 N–H and O–H groups in total. The van der Waals surface area contributed by atoms with Crippen molar-refractivity contribution in [3.8, 4) is 0 Å². The molecule has 0 heterocycles. The molecule has 9 nitrogen and oxygen atoms in total. The number of aliphatic hydroxyl groups excluding tert-OH is 1. The van der Waals surface area contributed by atoms with E-state index in [2.05, 4.69) is 16.0 Å². The molecule has 0 spiro atoms. The SMILES string of the molecule is CC(C)(C)NC(=O)c1ccccc1C[C@@H](O)[C@H](Cc1ccccc1)NC(=O)[C@H](CCC(N)=O)NC(=O)c1ccc2ccccc2c1. The lowest BCUT2D eigenvalue weighted by Crippen LogP contribution is -2.53. The van der Waals surface area contributed by atoms with Gasteiger partial charge < -0.3 is 26.8 Å². The molecule has 0 aliphatic rings. The molecule has 4 aromatic rings. The number of fused-ring (bicyclic) bond motifs is 1. The highest BCUT2D eigenvalue weighted by Crippen LogP contribution is 2.18.